The monoisotopic (exact) mass is 239 g/mol. The van der Waals surface area contributed by atoms with Gasteiger partial charge in [-0.15, -0.1) is 0 Å². The van der Waals surface area contributed by atoms with E-state index in [1.165, 1.54) is 7.11 Å². The molecule has 1 aromatic rings. The van der Waals surface area contributed by atoms with Crippen LogP contribution in [-0.4, -0.2) is 34.9 Å². The van der Waals surface area contributed by atoms with Crippen LogP contribution in [-0.2, 0) is 16.1 Å². The molecule has 17 heavy (non-hydrogen) atoms. The molecule has 1 unspecified atom stereocenters. The van der Waals surface area contributed by atoms with Gasteiger partial charge in [0.15, 0.2) is 0 Å². The zero-order chi connectivity index (χ0) is 12.7. The van der Waals surface area contributed by atoms with Crippen molar-refractivity contribution in [2.75, 3.05) is 13.7 Å². The minimum absolute atomic E-state index is 0.209. The average Bonchev–Trinajstić information content (AvgIpc) is 2.81. The van der Waals surface area contributed by atoms with E-state index in [2.05, 4.69) is 10.4 Å². The minimum Gasteiger partial charge on any atom is -0.468 e. The molecule has 1 heterocycles. The van der Waals surface area contributed by atoms with Crippen LogP contribution in [0.1, 0.15) is 26.7 Å². The number of aromatic nitrogens is 2. The van der Waals surface area contributed by atoms with Crippen molar-refractivity contribution in [3.8, 4) is 0 Å². The number of esters is 1. The van der Waals surface area contributed by atoms with Crippen molar-refractivity contribution >= 4 is 5.97 Å². The molecule has 1 atom stereocenters. The summed E-state index contributed by atoms with van der Waals surface area (Å²) in [7, 11) is 1.42. The molecule has 0 fully saturated rings. The highest BCUT2D eigenvalue weighted by Gasteiger charge is 2.32. The number of carbonyl (C=O) groups excluding carboxylic acids is 1. The lowest BCUT2D eigenvalue weighted by Crippen LogP contribution is -2.50. The Morgan fingerprint density at radius 1 is 1.59 bits per heavy atom. The third kappa shape index (κ3) is 3.85. The number of hydrogen-bond donors (Lipinski definition) is 1. The molecule has 1 N–H and O–H groups in total. The number of likely N-dealkylation sites (N-methyl/N-ethyl adjacent to an activating group) is 1. The largest absolute Gasteiger partial charge is 0.468 e. The molecule has 0 radical (unpaired) electrons. The van der Waals surface area contributed by atoms with Crippen LogP contribution in [0.3, 0.4) is 0 Å². The fourth-order valence-electron chi connectivity index (χ4n) is 1.91. The van der Waals surface area contributed by atoms with Gasteiger partial charge in [0.05, 0.1) is 7.11 Å². The maximum Gasteiger partial charge on any atom is 0.325 e. The van der Waals surface area contributed by atoms with Gasteiger partial charge in [-0.05, 0) is 32.4 Å². The van der Waals surface area contributed by atoms with Gasteiger partial charge in [0.2, 0.25) is 0 Å². The van der Waals surface area contributed by atoms with E-state index >= 15 is 0 Å². The highest BCUT2D eigenvalue weighted by Crippen LogP contribution is 2.15. The van der Waals surface area contributed by atoms with Gasteiger partial charge in [0.25, 0.3) is 0 Å². The van der Waals surface area contributed by atoms with Crippen molar-refractivity contribution in [2.45, 2.75) is 38.8 Å². The van der Waals surface area contributed by atoms with Crippen LogP contribution in [0.4, 0.5) is 0 Å². The van der Waals surface area contributed by atoms with Crippen LogP contribution in [0.5, 0.6) is 0 Å². The number of aryl methyl sites for hydroxylation is 1. The molecule has 0 saturated heterocycles. The SMILES string of the molecule is CCNC(C)(CCCn1cccn1)C(=O)OC. The molecule has 0 saturated carbocycles. The molecular formula is C12H21N3O2. The Morgan fingerprint density at radius 2 is 2.35 bits per heavy atom. The maximum atomic E-state index is 11.7. The van der Waals surface area contributed by atoms with Gasteiger partial charge in [-0.1, -0.05) is 6.92 Å². The zero-order valence-electron chi connectivity index (χ0n) is 10.8. The van der Waals surface area contributed by atoms with E-state index in [9.17, 15) is 4.79 Å². The Bertz CT molecular complexity index is 338. The van der Waals surface area contributed by atoms with Gasteiger partial charge < -0.3 is 10.1 Å². The first-order chi connectivity index (χ1) is 8.12. The minimum atomic E-state index is -0.601. The summed E-state index contributed by atoms with van der Waals surface area (Å²) in [6.45, 7) is 5.42. The van der Waals surface area contributed by atoms with Crippen molar-refractivity contribution in [3.63, 3.8) is 0 Å². The summed E-state index contributed by atoms with van der Waals surface area (Å²) in [5, 5.41) is 7.31. The van der Waals surface area contributed by atoms with Crippen LogP contribution in [0.25, 0.3) is 0 Å². The smallest absolute Gasteiger partial charge is 0.325 e. The fraction of sp³-hybridized carbons (Fsp3) is 0.667. The normalized spacial score (nSPS) is 14.3. The molecular weight excluding hydrogens is 218 g/mol. The summed E-state index contributed by atoms with van der Waals surface area (Å²) in [4.78, 5) is 11.7. The summed E-state index contributed by atoms with van der Waals surface area (Å²) >= 11 is 0. The molecule has 1 aromatic heterocycles. The third-order valence-corrected chi connectivity index (χ3v) is 2.83. The molecule has 5 nitrogen and oxygen atoms in total. The first-order valence-electron chi connectivity index (χ1n) is 5.93. The Kier molecular flexibility index (Phi) is 5.15. The summed E-state index contributed by atoms with van der Waals surface area (Å²) in [6.07, 6.45) is 5.28. The van der Waals surface area contributed by atoms with E-state index in [1.807, 2.05) is 30.8 Å². The zero-order valence-corrected chi connectivity index (χ0v) is 10.8. The van der Waals surface area contributed by atoms with Gasteiger partial charge in [-0.3, -0.25) is 9.48 Å². The number of ether oxygens (including phenoxy) is 1. The first-order valence-corrected chi connectivity index (χ1v) is 5.93. The van der Waals surface area contributed by atoms with E-state index in [4.69, 9.17) is 4.74 Å². The lowest BCUT2D eigenvalue weighted by Gasteiger charge is -2.27. The topological polar surface area (TPSA) is 56.2 Å². The molecule has 0 aromatic carbocycles. The summed E-state index contributed by atoms with van der Waals surface area (Å²) in [6, 6.07) is 1.89. The number of nitrogens with zero attached hydrogens (tertiary/aromatic N) is 2. The molecule has 0 bridgehead atoms. The van der Waals surface area contributed by atoms with Crippen molar-refractivity contribution in [2.24, 2.45) is 0 Å². The van der Waals surface area contributed by atoms with Crippen LogP contribution in [0.2, 0.25) is 0 Å². The first kappa shape index (κ1) is 13.7. The number of carbonyl (C=O) groups is 1. The van der Waals surface area contributed by atoms with Crippen LogP contribution >= 0.6 is 0 Å². The predicted molar refractivity (Wildman–Crippen MR) is 65.6 cm³/mol. The fourth-order valence-corrected chi connectivity index (χ4v) is 1.91. The molecule has 0 aliphatic carbocycles. The third-order valence-electron chi connectivity index (χ3n) is 2.83. The highest BCUT2D eigenvalue weighted by molar-refractivity contribution is 5.80. The molecule has 1 rings (SSSR count). The lowest BCUT2D eigenvalue weighted by atomic mass is 9.96. The van der Waals surface area contributed by atoms with Crippen molar-refractivity contribution in [3.05, 3.63) is 18.5 Å². The maximum absolute atomic E-state index is 11.7. The van der Waals surface area contributed by atoms with Gasteiger partial charge in [0.1, 0.15) is 5.54 Å². The Labute approximate surface area is 102 Å². The van der Waals surface area contributed by atoms with Crippen LogP contribution in [0.15, 0.2) is 18.5 Å². The molecule has 5 heteroatoms. The van der Waals surface area contributed by atoms with Crippen LogP contribution < -0.4 is 5.32 Å². The quantitative estimate of drug-likeness (QED) is 0.726. The molecule has 0 aliphatic rings. The van der Waals surface area contributed by atoms with E-state index < -0.39 is 5.54 Å². The Balaban J connectivity index is 2.46. The molecule has 0 aliphatic heterocycles. The standard InChI is InChI=1S/C12H21N3O2/c1-4-13-12(2,11(16)17-3)7-5-9-15-10-6-8-14-15/h6,8,10,13H,4-5,7,9H2,1-3H3. The molecule has 0 spiro atoms. The summed E-state index contributed by atoms with van der Waals surface area (Å²) in [5.74, 6) is -0.209. The number of hydrogen-bond acceptors (Lipinski definition) is 4. The van der Waals surface area contributed by atoms with Crippen LogP contribution in [0, 0.1) is 0 Å². The van der Waals surface area contributed by atoms with E-state index in [0.29, 0.717) is 0 Å². The second-order valence-corrected chi connectivity index (χ2v) is 4.23. The summed E-state index contributed by atoms with van der Waals surface area (Å²) in [5.41, 5.74) is -0.601. The second-order valence-electron chi connectivity index (χ2n) is 4.23. The molecule has 96 valence electrons. The van der Waals surface area contributed by atoms with E-state index in [0.717, 1.165) is 25.9 Å². The summed E-state index contributed by atoms with van der Waals surface area (Å²) < 4.78 is 6.70. The van der Waals surface area contributed by atoms with E-state index in [1.54, 1.807) is 6.20 Å². The number of nitrogens with one attached hydrogen (secondary N) is 1. The van der Waals surface area contributed by atoms with Crippen molar-refractivity contribution < 1.29 is 9.53 Å². The van der Waals surface area contributed by atoms with Crippen molar-refractivity contribution in [1.82, 2.24) is 15.1 Å². The predicted octanol–water partition coefficient (Wildman–Crippen LogP) is 1.20. The molecule has 0 amide bonds. The van der Waals surface area contributed by atoms with Gasteiger partial charge in [-0.2, -0.15) is 5.10 Å². The lowest BCUT2D eigenvalue weighted by molar-refractivity contribution is -0.148. The second kappa shape index (κ2) is 6.39. The van der Waals surface area contributed by atoms with E-state index in [-0.39, 0.29) is 5.97 Å². The highest BCUT2D eigenvalue weighted by atomic mass is 16.5. The number of methoxy groups -OCH3 is 1. The average molecular weight is 239 g/mol. The van der Waals surface area contributed by atoms with Gasteiger partial charge in [0, 0.05) is 18.9 Å². The Morgan fingerprint density at radius 3 is 2.88 bits per heavy atom. The van der Waals surface area contributed by atoms with Gasteiger partial charge in [-0.25, -0.2) is 0 Å². The van der Waals surface area contributed by atoms with Gasteiger partial charge >= 0.3 is 5.97 Å². The Hall–Kier alpha value is -1.36. The number of rotatable bonds is 7. The van der Waals surface area contributed by atoms with Crippen molar-refractivity contribution in [1.29, 1.82) is 0 Å².